The second-order valence-corrected chi connectivity index (χ2v) is 5.38. The zero-order chi connectivity index (χ0) is 15.9. The molecule has 2 amide bonds. The summed E-state index contributed by atoms with van der Waals surface area (Å²) >= 11 is 0. The Hall–Kier alpha value is -2.48. The van der Waals surface area contributed by atoms with Crippen molar-refractivity contribution in [1.82, 2.24) is 5.32 Å². The summed E-state index contributed by atoms with van der Waals surface area (Å²) in [7, 11) is 0. The molecule has 1 aromatic rings. The Bertz CT molecular complexity index is 577. The van der Waals surface area contributed by atoms with Crippen LogP contribution in [0.15, 0.2) is 24.3 Å². The second kappa shape index (κ2) is 7.34. The molecule has 0 aliphatic heterocycles. The number of carbonyl (C=O) groups excluding carboxylic acids is 2. The van der Waals surface area contributed by atoms with Gasteiger partial charge < -0.3 is 15.4 Å². The number of alkyl carbamates (subject to hydrolysis) is 1. The van der Waals surface area contributed by atoms with Crippen LogP contribution in [0.3, 0.4) is 0 Å². The quantitative estimate of drug-likeness (QED) is 0.822. The van der Waals surface area contributed by atoms with E-state index in [0.29, 0.717) is 11.3 Å². The lowest BCUT2D eigenvalue weighted by atomic mass is 10.2. The summed E-state index contributed by atoms with van der Waals surface area (Å²) in [6, 6.07) is 7.21. The van der Waals surface area contributed by atoms with Gasteiger partial charge in [-0.2, -0.15) is 0 Å². The lowest BCUT2D eigenvalue weighted by Gasteiger charge is -2.19. The molecule has 0 fully saturated rings. The molecule has 2 N–H and O–H groups in total. The first-order valence-electron chi connectivity index (χ1n) is 6.60. The van der Waals surface area contributed by atoms with E-state index in [9.17, 15) is 9.59 Å². The third-order valence-electron chi connectivity index (χ3n) is 2.18. The average Bonchev–Trinajstić information content (AvgIpc) is 2.33. The first-order valence-corrected chi connectivity index (χ1v) is 6.60. The smallest absolute Gasteiger partial charge is 0.408 e. The number of amides is 2. The fourth-order valence-electron chi connectivity index (χ4n) is 1.46. The van der Waals surface area contributed by atoms with Gasteiger partial charge in [0.15, 0.2) is 0 Å². The van der Waals surface area contributed by atoms with Crippen molar-refractivity contribution >= 4 is 17.7 Å². The molecular weight excluding hydrogens is 268 g/mol. The van der Waals surface area contributed by atoms with Gasteiger partial charge in [-0.25, -0.2) is 4.79 Å². The van der Waals surface area contributed by atoms with E-state index < -0.39 is 11.7 Å². The van der Waals surface area contributed by atoms with Crippen LogP contribution >= 0.6 is 0 Å². The van der Waals surface area contributed by atoms with E-state index >= 15 is 0 Å². The summed E-state index contributed by atoms with van der Waals surface area (Å²) in [6.45, 7) is 6.99. The van der Waals surface area contributed by atoms with Gasteiger partial charge in [-0.3, -0.25) is 4.79 Å². The van der Waals surface area contributed by atoms with Gasteiger partial charge in [-0.15, -0.1) is 0 Å². The van der Waals surface area contributed by atoms with Gasteiger partial charge in [0, 0.05) is 12.5 Å². The number of ether oxygens (including phenoxy) is 1. The lowest BCUT2D eigenvalue weighted by Crippen LogP contribution is -2.32. The standard InChI is InChI=1S/C16H20N2O3/c1-12(19)18-14-10-6-5-8-13(14)9-7-11-17-15(20)21-16(2,3)4/h5-6,8,10H,11H2,1-4H3,(H,17,20)(H,18,19). The number of nitrogens with one attached hydrogen (secondary N) is 2. The monoisotopic (exact) mass is 288 g/mol. The summed E-state index contributed by atoms with van der Waals surface area (Å²) in [6.07, 6.45) is -0.507. The van der Waals surface area contributed by atoms with E-state index in [4.69, 9.17) is 4.74 Å². The molecular formula is C16H20N2O3. The molecule has 1 rings (SSSR count). The molecule has 0 saturated heterocycles. The highest BCUT2D eigenvalue weighted by molar-refractivity contribution is 5.90. The second-order valence-electron chi connectivity index (χ2n) is 5.38. The maximum absolute atomic E-state index is 11.4. The van der Waals surface area contributed by atoms with E-state index in [1.165, 1.54) is 6.92 Å². The van der Waals surface area contributed by atoms with Crippen LogP contribution in [-0.2, 0) is 9.53 Å². The van der Waals surface area contributed by atoms with Gasteiger partial charge in [-0.1, -0.05) is 24.0 Å². The molecule has 0 radical (unpaired) electrons. The van der Waals surface area contributed by atoms with Gasteiger partial charge in [-0.05, 0) is 32.9 Å². The van der Waals surface area contributed by atoms with Gasteiger partial charge in [0.1, 0.15) is 5.60 Å². The molecule has 0 aromatic heterocycles. The molecule has 5 nitrogen and oxygen atoms in total. The van der Waals surface area contributed by atoms with Gasteiger partial charge >= 0.3 is 6.09 Å². The molecule has 0 saturated carbocycles. The predicted octanol–water partition coefficient (Wildman–Crippen LogP) is 2.52. The van der Waals surface area contributed by atoms with Crippen molar-refractivity contribution in [3.8, 4) is 11.8 Å². The Morgan fingerprint density at radius 1 is 1.24 bits per heavy atom. The minimum absolute atomic E-state index is 0.156. The largest absolute Gasteiger partial charge is 0.444 e. The van der Waals surface area contributed by atoms with E-state index in [0.717, 1.165) is 0 Å². The number of para-hydroxylation sites is 1. The molecule has 21 heavy (non-hydrogen) atoms. The van der Waals surface area contributed by atoms with Crippen LogP contribution < -0.4 is 10.6 Å². The number of carbonyl (C=O) groups is 2. The van der Waals surface area contributed by atoms with Crippen molar-refractivity contribution in [2.45, 2.75) is 33.3 Å². The number of hydrogen-bond acceptors (Lipinski definition) is 3. The Morgan fingerprint density at radius 3 is 2.52 bits per heavy atom. The third-order valence-corrected chi connectivity index (χ3v) is 2.18. The number of hydrogen-bond donors (Lipinski definition) is 2. The number of benzene rings is 1. The van der Waals surface area contributed by atoms with E-state index in [1.807, 2.05) is 12.1 Å². The van der Waals surface area contributed by atoms with Crippen LogP contribution in [-0.4, -0.2) is 24.1 Å². The van der Waals surface area contributed by atoms with Crippen LogP contribution in [0.4, 0.5) is 10.5 Å². The number of anilines is 1. The Balaban J connectivity index is 2.59. The molecule has 5 heteroatoms. The number of rotatable bonds is 2. The molecule has 0 aliphatic carbocycles. The zero-order valence-electron chi connectivity index (χ0n) is 12.7. The van der Waals surface area contributed by atoms with Gasteiger partial charge in [0.05, 0.1) is 12.2 Å². The average molecular weight is 288 g/mol. The van der Waals surface area contributed by atoms with Crippen LogP contribution in [0.5, 0.6) is 0 Å². The Morgan fingerprint density at radius 2 is 1.90 bits per heavy atom. The molecule has 0 bridgehead atoms. The highest BCUT2D eigenvalue weighted by atomic mass is 16.6. The molecule has 1 aromatic carbocycles. The fourth-order valence-corrected chi connectivity index (χ4v) is 1.46. The minimum atomic E-state index is -0.532. The lowest BCUT2D eigenvalue weighted by molar-refractivity contribution is -0.114. The van der Waals surface area contributed by atoms with Crippen molar-refractivity contribution in [3.63, 3.8) is 0 Å². The van der Waals surface area contributed by atoms with E-state index in [1.54, 1.807) is 32.9 Å². The molecule has 0 unspecified atom stereocenters. The van der Waals surface area contributed by atoms with Gasteiger partial charge in [0.25, 0.3) is 0 Å². The molecule has 0 aliphatic rings. The Labute approximate surface area is 125 Å². The van der Waals surface area contributed by atoms with Crippen molar-refractivity contribution in [1.29, 1.82) is 0 Å². The maximum atomic E-state index is 11.4. The summed E-state index contributed by atoms with van der Waals surface area (Å²) in [5.41, 5.74) is 0.809. The maximum Gasteiger partial charge on any atom is 0.408 e. The molecule has 112 valence electrons. The molecule has 0 heterocycles. The van der Waals surface area contributed by atoms with Crippen molar-refractivity contribution in [2.24, 2.45) is 0 Å². The van der Waals surface area contributed by atoms with Crippen LogP contribution in [0.2, 0.25) is 0 Å². The van der Waals surface area contributed by atoms with Crippen molar-refractivity contribution < 1.29 is 14.3 Å². The van der Waals surface area contributed by atoms with Crippen LogP contribution in [0.1, 0.15) is 33.3 Å². The summed E-state index contributed by atoms with van der Waals surface area (Å²) < 4.78 is 5.09. The Kier molecular flexibility index (Phi) is 5.79. The highest BCUT2D eigenvalue weighted by Gasteiger charge is 2.14. The minimum Gasteiger partial charge on any atom is -0.444 e. The summed E-state index contributed by atoms with van der Waals surface area (Å²) in [5, 5.41) is 5.25. The molecule has 0 spiro atoms. The summed E-state index contributed by atoms with van der Waals surface area (Å²) in [4.78, 5) is 22.5. The van der Waals surface area contributed by atoms with Gasteiger partial charge in [0.2, 0.25) is 5.91 Å². The van der Waals surface area contributed by atoms with E-state index in [-0.39, 0.29) is 12.5 Å². The first-order chi connectivity index (χ1) is 9.78. The normalized spacial score (nSPS) is 10.1. The zero-order valence-corrected chi connectivity index (χ0v) is 12.7. The van der Waals surface area contributed by atoms with Crippen LogP contribution in [0, 0.1) is 11.8 Å². The molecule has 0 atom stereocenters. The SMILES string of the molecule is CC(=O)Nc1ccccc1C#CCNC(=O)OC(C)(C)C. The van der Waals surface area contributed by atoms with E-state index in [2.05, 4.69) is 22.5 Å². The van der Waals surface area contributed by atoms with Crippen molar-refractivity contribution in [2.75, 3.05) is 11.9 Å². The topological polar surface area (TPSA) is 67.4 Å². The first kappa shape index (κ1) is 16.6. The third kappa shape index (κ3) is 7.02. The highest BCUT2D eigenvalue weighted by Crippen LogP contribution is 2.13. The van der Waals surface area contributed by atoms with Crippen molar-refractivity contribution in [3.05, 3.63) is 29.8 Å². The summed E-state index contributed by atoms with van der Waals surface area (Å²) in [5.74, 6) is 5.56. The van der Waals surface area contributed by atoms with Crippen LogP contribution in [0.25, 0.3) is 0 Å². The predicted molar refractivity (Wildman–Crippen MR) is 81.9 cm³/mol. The fraction of sp³-hybridized carbons (Fsp3) is 0.375.